The second-order valence-electron chi connectivity index (χ2n) is 7.19. The highest BCUT2D eigenvalue weighted by molar-refractivity contribution is 5.86. The van der Waals surface area contributed by atoms with Crippen molar-refractivity contribution in [2.45, 2.75) is 25.7 Å². The maximum absolute atomic E-state index is 11.4. The van der Waals surface area contributed by atoms with Crippen molar-refractivity contribution in [3.05, 3.63) is 36.5 Å². The van der Waals surface area contributed by atoms with Crippen LogP contribution < -0.4 is 0 Å². The summed E-state index contributed by atoms with van der Waals surface area (Å²) in [7, 11) is 0. The van der Waals surface area contributed by atoms with E-state index in [1.165, 1.54) is 6.08 Å². The molecule has 4 nitrogen and oxygen atoms in total. The lowest BCUT2D eigenvalue weighted by Gasteiger charge is -2.38. The number of esters is 1. The van der Waals surface area contributed by atoms with Crippen LogP contribution in [0.4, 0.5) is 0 Å². The Morgan fingerprint density at radius 3 is 2.48 bits per heavy atom. The van der Waals surface area contributed by atoms with E-state index in [-0.39, 0.29) is 35.4 Å². The minimum Gasteiger partial charge on any atom is -0.447 e. The van der Waals surface area contributed by atoms with E-state index in [9.17, 15) is 4.79 Å². The van der Waals surface area contributed by atoms with Crippen LogP contribution in [0.2, 0.25) is 0 Å². The van der Waals surface area contributed by atoms with E-state index in [0.717, 1.165) is 0 Å². The standard InChI is InChI=1S/C17H20O4/c1-16(2)9-19-15(20-10-16)12-3-4-13-11(12)5-7-17(13)8-6-14(18)21-17/h3-8,11-13,15H,9-10H2,1-2H3. The van der Waals surface area contributed by atoms with E-state index in [2.05, 4.69) is 32.1 Å². The maximum atomic E-state index is 11.4. The lowest BCUT2D eigenvalue weighted by molar-refractivity contribution is -0.241. The molecule has 2 heterocycles. The predicted octanol–water partition coefficient (Wildman–Crippen LogP) is 2.23. The zero-order chi connectivity index (χ0) is 14.7. The summed E-state index contributed by atoms with van der Waals surface area (Å²) in [4.78, 5) is 11.4. The molecule has 2 aliphatic carbocycles. The molecule has 1 fully saturated rings. The van der Waals surface area contributed by atoms with Gasteiger partial charge in [-0.2, -0.15) is 0 Å². The highest BCUT2D eigenvalue weighted by Gasteiger charge is 2.53. The molecule has 4 rings (SSSR count). The minimum absolute atomic E-state index is 0.0781. The Labute approximate surface area is 124 Å². The Bertz CT molecular complexity index is 549. The van der Waals surface area contributed by atoms with E-state index in [1.807, 2.05) is 12.2 Å². The summed E-state index contributed by atoms with van der Waals surface area (Å²) in [6.45, 7) is 5.71. The Morgan fingerprint density at radius 1 is 1.05 bits per heavy atom. The number of hydrogen-bond donors (Lipinski definition) is 0. The highest BCUT2D eigenvalue weighted by Crippen LogP contribution is 2.50. The average molecular weight is 288 g/mol. The van der Waals surface area contributed by atoms with Gasteiger partial charge in [0.2, 0.25) is 0 Å². The third-order valence-electron chi connectivity index (χ3n) is 4.85. The molecule has 2 aliphatic heterocycles. The van der Waals surface area contributed by atoms with Crippen molar-refractivity contribution in [1.82, 2.24) is 0 Å². The molecule has 0 radical (unpaired) electrons. The fraction of sp³-hybridized carbons (Fsp3) is 0.588. The maximum Gasteiger partial charge on any atom is 0.331 e. The van der Waals surface area contributed by atoms with Gasteiger partial charge in [0.1, 0.15) is 0 Å². The molecule has 0 aromatic heterocycles. The fourth-order valence-corrected chi connectivity index (χ4v) is 3.72. The van der Waals surface area contributed by atoms with E-state index >= 15 is 0 Å². The normalized spacial score (nSPS) is 43.7. The number of ether oxygens (including phenoxy) is 3. The van der Waals surface area contributed by atoms with Crippen molar-refractivity contribution in [1.29, 1.82) is 0 Å². The number of fused-ring (bicyclic) bond motifs is 2. The van der Waals surface area contributed by atoms with Crippen LogP contribution in [0.3, 0.4) is 0 Å². The van der Waals surface area contributed by atoms with Gasteiger partial charge in [-0.3, -0.25) is 0 Å². The van der Waals surface area contributed by atoms with Crippen LogP contribution in [0, 0.1) is 23.2 Å². The molecule has 112 valence electrons. The summed E-state index contributed by atoms with van der Waals surface area (Å²) in [5.41, 5.74) is -0.504. The number of carbonyl (C=O) groups excluding carboxylic acids is 1. The number of hydrogen-bond acceptors (Lipinski definition) is 4. The molecule has 4 aliphatic rings. The lowest BCUT2D eigenvalue weighted by Crippen LogP contribution is -2.43. The third-order valence-corrected chi connectivity index (χ3v) is 4.85. The van der Waals surface area contributed by atoms with E-state index in [4.69, 9.17) is 14.2 Å². The largest absolute Gasteiger partial charge is 0.447 e. The quantitative estimate of drug-likeness (QED) is 0.548. The number of carbonyl (C=O) groups is 1. The van der Waals surface area contributed by atoms with Crippen LogP contribution in [0.1, 0.15) is 13.8 Å². The monoisotopic (exact) mass is 288 g/mol. The third kappa shape index (κ3) is 2.00. The SMILES string of the molecule is CC1(C)COC(C2C=CC3C2C=CC32C=CC(=O)O2)OC1. The second-order valence-corrected chi connectivity index (χ2v) is 7.19. The van der Waals surface area contributed by atoms with Gasteiger partial charge in [-0.25, -0.2) is 4.79 Å². The highest BCUT2D eigenvalue weighted by atomic mass is 16.7. The van der Waals surface area contributed by atoms with Crippen molar-refractivity contribution in [3.8, 4) is 0 Å². The first-order chi connectivity index (χ1) is 9.99. The van der Waals surface area contributed by atoms with E-state index in [0.29, 0.717) is 13.2 Å². The first kappa shape index (κ1) is 13.3. The molecule has 1 spiro atoms. The Balaban J connectivity index is 1.50. The van der Waals surface area contributed by atoms with Gasteiger partial charge < -0.3 is 14.2 Å². The molecule has 0 saturated carbocycles. The van der Waals surface area contributed by atoms with Gasteiger partial charge in [0, 0.05) is 23.3 Å². The van der Waals surface area contributed by atoms with Gasteiger partial charge in [-0.15, -0.1) is 0 Å². The Kier molecular flexibility index (Phi) is 2.72. The molecule has 0 bridgehead atoms. The van der Waals surface area contributed by atoms with Gasteiger partial charge in [0.25, 0.3) is 0 Å². The molecule has 0 amide bonds. The van der Waals surface area contributed by atoms with Crippen molar-refractivity contribution in [2.75, 3.05) is 13.2 Å². The van der Waals surface area contributed by atoms with Crippen LogP contribution in [0.25, 0.3) is 0 Å². The molecule has 4 atom stereocenters. The summed E-state index contributed by atoms with van der Waals surface area (Å²) in [6.07, 6.45) is 11.6. The number of allylic oxidation sites excluding steroid dienone is 1. The van der Waals surface area contributed by atoms with Crippen LogP contribution in [0.5, 0.6) is 0 Å². The minimum atomic E-state index is -0.582. The average Bonchev–Trinajstić information content (AvgIpc) is 3.09. The molecular formula is C17H20O4. The lowest BCUT2D eigenvalue weighted by atomic mass is 9.83. The van der Waals surface area contributed by atoms with Crippen LogP contribution in [-0.4, -0.2) is 31.1 Å². The molecule has 0 aromatic carbocycles. The summed E-state index contributed by atoms with van der Waals surface area (Å²) in [5, 5.41) is 0. The molecule has 1 saturated heterocycles. The van der Waals surface area contributed by atoms with Gasteiger partial charge in [-0.1, -0.05) is 32.1 Å². The summed E-state index contributed by atoms with van der Waals surface area (Å²) in [5.74, 6) is 0.359. The zero-order valence-corrected chi connectivity index (χ0v) is 12.3. The Morgan fingerprint density at radius 2 is 1.81 bits per heavy atom. The number of rotatable bonds is 1. The summed E-state index contributed by atoms with van der Waals surface area (Å²) in [6, 6.07) is 0. The van der Waals surface area contributed by atoms with Crippen LogP contribution in [-0.2, 0) is 19.0 Å². The molecule has 21 heavy (non-hydrogen) atoms. The molecule has 0 N–H and O–H groups in total. The van der Waals surface area contributed by atoms with Gasteiger partial charge in [-0.05, 0) is 18.1 Å². The summed E-state index contributed by atoms with van der Waals surface area (Å²) < 4.78 is 17.4. The van der Waals surface area contributed by atoms with Crippen molar-refractivity contribution in [3.63, 3.8) is 0 Å². The first-order valence-corrected chi connectivity index (χ1v) is 7.52. The predicted molar refractivity (Wildman–Crippen MR) is 76.2 cm³/mol. The van der Waals surface area contributed by atoms with E-state index in [1.54, 1.807) is 0 Å². The fourth-order valence-electron chi connectivity index (χ4n) is 3.72. The first-order valence-electron chi connectivity index (χ1n) is 7.52. The zero-order valence-electron chi connectivity index (χ0n) is 12.3. The topological polar surface area (TPSA) is 44.8 Å². The van der Waals surface area contributed by atoms with Crippen LogP contribution >= 0.6 is 0 Å². The Hall–Kier alpha value is -1.39. The molecule has 0 aromatic rings. The van der Waals surface area contributed by atoms with Crippen molar-refractivity contribution < 1.29 is 19.0 Å². The van der Waals surface area contributed by atoms with Crippen molar-refractivity contribution in [2.24, 2.45) is 23.2 Å². The van der Waals surface area contributed by atoms with Crippen LogP contribution in [0.15, 0.2) is 36.5 Å². The van der Waals surface area contributed by atoms with Gasteiger partial charge in [0.15, 0.2) is 11.9 Å². The summed E-state index contributed by atoms with van der Waals surface area (Å²) >= 11 is 0. The van der Waals surface area contributed by atoms with Gasteiger partial charge >= 0.3 is 5.97 Å². The van der Waals surface area contributed by atoms with Gasteiger partial charge in [0.05, 0.1) is 13.2 Å². The molecular weight excluding hydrogens is 268 g/mol. The van der Waals surface area contributed by atoms with E-state index < -0.39 is 5.60 Å². The molecule has 4 unspecified atom stereocenters. The second kappa shape index (κ2) is 4.31. The smallest absolute Gasteiger partial charge is 0.331 e. The molecule has 4 heteroatoms. The van der Waals surface area contributed by atoms with Crippen molar-refractivity contribution >= 4 is 5.97 Å².